The number of nitrogens with zero attached hydrogens (tertiary/aromatic N) is 2. The monoisotopic (exact) mass is 572 g/mol. The van der Waals surface area contributed by atoms with Crippen molar-refractivity contribution in [1.29, 1.82) is 0 Å². The van der Waals surface area contributed by atoms with Crippen LogP contribution in [0.2, 0.25) is 0 Å². The number of allylic oxidation sites excluding steroid dienone is 4. The van der Waals surface area contributed by atoms with Gasteiger partial charge in [-0.05, 0) is 69.9 Å². The highest BCUT2D eigenvalue weighted by Gasteiger charge is 2.29. The SMILES string of the molecule is Cc1cc(C)c(S(=O)(=O)/N=C2C(Cl)=C/C(=N\S(=O)(=O)c3c(C)cc(C)cc3C)C(Cl)=C/2Cl)c(C)c1. The summed E-state index contributed by atoms with van der Waals surface area (Å²) in [7, 11) is -8.39. The van der Waals surface area contributed by atoms with E-state index in [0.717, 1.165) is 17.2 Å². The summed E-state index contributed by atoms with van der Waals surface area (Å²) in [5, 5.41) is -0.818. The summed E-state index contributed by atoms with van der Waals surface area (Å²) >= 11 is 19.0. The fourth-order valence-corrected chi connectivity index (χ4v) is 7.96. The fourth-order valence-electron chi connectivity index (χ4n) is 4.21. The van der Waals surface area contributed by atoms with Gasteiger partial charge in [-0.1, -0.05) is 70.2 Å². The maximum Gasteiger partial charge on any atom is 0.283 e. The molecule has 0 unspecified atom stereocenters. The highest BCUT2D eigenvalue weighted by Crippen LogP contribution is 2.33. The fraction of sp³-hybridized carbons (Fsp3) is 0.250. The van der Waals surface area contributed by atoms with E-state index in [2.05, 4.69) is 8.80 Å². The third kappa shape index (κ3) is 5.57. The van der Waals surface area contributed by atoms with E-state index in [1.807, 2.05) is 13.8 Å². The van der Waals surface area contributed by atoms with Gasteiger partial charge in [0, 0.05) is 0 Å². The summed E-state index contributed by atoms with van der Waals surface area (Å²) in [6.45, 7) is 10.4. The van der Waals surface area contributed by atoms with Crippen LogP contribution in [-0.4, -0.2) is 28.3 Å². The molecule has 0 amide bonds. The molecule has 6 nitrogen and oxygen atoms in total. The van der Waals surface area contributed by atoms with Crippen LogP contribution in [0, 0.1) is 41.5 Å². The molecule has 2 aromatic rings. The molecule has 0 saturated carbocycles. The number of hydrogen-bond donors (Lipinski definition) is 0. The van der Waals surface area contributed by atoms with Gasteiger partial charge in [0.05, 0.1) is 30.6 Å². The van der Waals surface area contributed by atoms with Crippen molar-refractivity contribution in [2.75, 3.05) is 0 Å². The lowest BCUT2D eigenvalue weighted by molar-refractivity contribution is 0.595. The van der Waals surface area contributed by atoms with Gasteiger partial charge in [-0.2, -0.15) is 25.6 Å². The molecule has 35 heavy (non-hydrogen) atoms. The van der Waals surface area contributed by atoms with Crippen LogP contribution in [0.15, 0.2) is 64.0 Å². The predicted molar refractivity (Wildman–Crippen MR) is 143 cm³/mol. The summed E-state index contributed by atoms with van der Waals surface area (Å²) < 4.78 is 60.1. The molecule has 11 heteroatoms. The van der Waals surface area contributed by atoms with Gasteiger partial charge in [0.25, 0.3) is 20.0 Å². The number of benzene rings is 2. The molecule has 0 fully saturated rings. The van der Waals surface area contributed by atoms with Crippen molar-refractivity contribution in [1.82, 2.24) is 0 Å². The van der Waals surface area contributed by atoms with Crippen LogP contribution in [0.3, 0.4) is 0 Å². The molecule has 0 radical (unpaired) electrons. The zero-order valence-corrected chi connectivity index (χ0v) is 23.8. The van der Waals surface area contributed by atoms with E-state index < -0.39 is 20.0 Å². The zero-order chi connectivity index (χ0) is 26.5. The molecular weight excluding hydrogens is 551 g/mol. The van der Waals surface area contributed by atoms with Crippen molar-refractivity contribution >= 4 is 66.3 Å². The van der Waals surface area contributed by atoms with E-state index in [9.17, 15) is 16.8 Å². The third-order valence-electron chi connectivity index (χ3n) is 5.27. The van der Waals surface area contributed by atoms with E-state index >= 15 is 0 Å². The maximum absolute atomic E-state index is 13.1. The average molecular weight is 574 g/mol. The van der Waals surface area contributed by atoms with E-state index in [-0.39, 0.29) is 36.3 Å². The first kappa shape index (κ1) is 27.6. The summed E-state index contributed by atoms with van der Waals surface area (Å²) in [6.07, 6.45) is 1.13. The zero-order valence-electron chi connectivity index (χ0n) is 19.9. The van der Waals surface area contributed by atoms with Crippen LogP contribution in [0.4, 0.5) is 0 Å². The standard InChI is InChI=1S/C24H23Cl3N2O4S2/c1-12-7-14(3)23(15(4)8-12)34(30,31)28-19-11-18(25)22(21(27)20(19)26)29-35(32,33)24-16(5)9-13(2)10-17(24)6/h7-11H,1-6H3/b28-19+,29-22-. The minimum Gasteiger partial charge on any atom is -0.199 e. The molecule has 0 saturated heterocycles. The van der Waals surface area contributed by atoms with Crippen molar-refractivity contribution in [2.24, 2.45) is 8.80 Å². The molecular formula is C24H23Cl3N2O4S2. The van der Waals surface area contributed by atoms with Crippen LogP contribution < -0.4 is 0 Å². The molecule has 0 aliphatic heterocycles. The van der Waals surface area contributed by atoms with Gasteiger partial charge in [-0.25, -0.2) is 0 Å². The van der Waals surface area contributed by atoms with Gasteiger partial charge in [-0.3, -0.25) is 0 Å². The smallest absolute Gasteiger partial charge is 0.199 e. The van der Waals surface area contributed by atoms with Crippen molar-refractivity contribution in [2.45, 2.75) is 51.3 Å². The van der Waals surface area contributed by atoms with Crippen molar-refractivity contribution in [3.63, 3.8) is 0 Å². The van der Waals surface area contributed by atoms with Gasteiger partial charge < -0.3 is 0 Å². The molecule has 0 atom stereocenters. The number of sulfonamides is 2. The van der Waals surface area contributed by atoms with Crippen LogP contribution >= 0.6 is 34.8 Å². The number of hydrogen-bond acceptors (Lipinski definition) is 4. The normalized spacial score (nSPS) is 17.3. The second kappa shape index (κ2) is 9.82. The molecule has 1 aliphatic carbocycles. The number of aryl methyl sites for hydroxylation is 6. The second-order valence-electron chi connectivity index (χ2n) is 8.44. The molecule has 0 spiro atoms. The van der Waals surface area contributed by atoms with E-state index in [1.54, 1.807) is 52.0 Å². The summed E-state index contributed by atoms with van der Waals surface area (Å²) in [4.78, 5) is 0.0843. The van der Waals surface area contributed by atoms with Crippen molar-refractivity contribution < 1.29 is 16.8 Å². The summed E-state index contributed by atoms with van der Waals surface area (Å²) in [6, 6.07) is 6.93. The topological polar surface area (TPSA) is 93.0 Å². The van der Waals surface area contributed by atoms with Crippen LogP contribution in [-0.2, 0) is 20.0 Å². The van der Waals surface area contributed by atoms with Crippen LogP contribution in [0.1, 0.15) is 33.4 Å². The minimum atomic E-state index is -4.21. The van der Waals surface area contributed by atoms with E-state index in [0.29, 0.717) is 22.3 Å². The molecule has 0 bridgehead atoms. The quantitative estimate of drug-likeness (QED) is 0.400. The molecule has 186 valence electrons. The maximum atomic E-state index is 13.1. The Kier molecular flexibility index (Phi) is 7.75. The summed E-state index contributed by atoms with van der Waals surface area (Å²) in [5.41, 5.74) is 3.40. The third-order valence-corrected chi connectivity index (χ3v) is 9.59. The molecule has 0 N–H and O–H groups in total. The lowest BCUT2D eigenvalue weighted by atomic mass is 10.1. The molecule has 1 aliphatic rings. The van der Waals surface area contributed by atoms with Gasteiger partial charge in [0.15, 0.2) is 0 Å². The molecule has 3 rings (SSSR count). The van der Waals surface area contributed by atoms with E-state index in [1.165, 1.54) is 0 Å². The van der Waals surface area contributed by atoms with Gasteiger partial charge in [0.1, 0.15) is 5.71 Å². The Balaban J connectivity index is 2.14. The van der Waals surface area contributed by atoms with Crippen LogP contribution in [0.5, 0.6) is 0 Å². The highest BCUT2D eigenvalue weighted by atomic mass is 35.5. The Labute approximate surface area is 221 Å². The van der Waals surface area contributed by atoms with Gasteiger partial charge in [-0.15, -0.1) is 0 Å². The molecule has 2 aromatic carbocycles. The largest absolute Gasteiger partial charge is 0.283 e. The van der Waals surface area contributed by atoms with Crippen molar-refractivity contribution in [3.8, 4) is 0 Å². The average Bonchev–Trinajstić information content (AvgIpc) is 2.67. The highest BCUT2D eigenvalue weighted by molar-refractivity contribution is 7.90. The minimum absolute atomic E-state index is 0.0352. The summed E-state index contributed by atoms with van der Waals surface area (Å²) in [5.74, 6) is 0. The lowest BCUT2D eigenvalue weighted by Crippen LogP contribution is -2.17. The Morgan fingerprint density at radius 1 is 0.600 bits per heavy atom. The Morgan fingerprint density at radius 3 is 1.37 bits per heavy atom. The molecule has 0 aromatic heterocycles. The molecule has 0 heterocycles. The first-order valence-electron chi connectivity index (χ1n) is 10.3. The Bertz CT molecular complexity index is 1550. The lowest BCUT2D eigenvalue weighted by Gasteiger charge is -2.16. The van der Waals surface area contributed by atoms with Crippen LogP contribution in [0.25, 0.3) is 0 Å². The Morgan fingerprint density at radius 2 is 0.971 bits per heavy atom. The van der Waals surface area contributed by atoms with E-state index in [4.69, 9.17) is 34.8 Å². The van der Waals surface area contributed by atoms with Gasteiger partial charge in [0.2, 0.25) is 0 Å². The number of rotatable bonds is 4. The first-order valence-corrected chi connectivity index (χ1v) is 14.4. The second-order valence-corrected chi connectivity index (χ2v) is 12.7. The first-order chi connectivity index (χ1) is 16.0. The Hall–Kier alpha value is -1.97. The predicted octanol–water partition coefficient (Wildman–Crippen LogP) is 6.32. The van der Waals surface area contributed by atoms with Crippen molar-refractivity contribution in [3.05, 3.63) is 78.8 Å². The van der Waals surface area contributed by atoms with Gasteiger partial charge >= 0.3 is 0 Å². The number of halogens is 3.